The second-order valence-electron chi connectivity index (χ2n) is 12.2. The molecule has 1 aromatic heterocycles. The van der Waals surface area contributed by atoms with Crippen LogP contribution in [0, 0.1) is 0 Å². The third kappa shape index (κ3) is 4.15. The number of furan rings is 1. The van der Waals surface area contributed by atoms with Gasteiger partial charge >= 0.3 is 0 Å². The van der Waals surface area contributed by atoms with Crippen LogP contribution in [-0.2, 0) is 0 Å². The Morgan fingerprint density at radius 1 is 0.426 bits per heavy atom. The Balaban J connectivity index is 1.15. The molecule has 1 unspecified atom stereocenters. The molecule has 0 aliphatic carbocycles. The molecule has 4 heteroatoms. The van der Waals surface area contributed by atoms with Crippen LogP contribution in [0.15, 0.2) is 166 Å². The lowest BCUT2D eigenvalue weighted by atomic mass is 9.96. The van der Waals surface area contributed by atoms with E-state index in [1.165, 1.54) is 43.1 Å². The van der Waals surface area contributed by atoms with Crippen LogP contribution in [0.1, 0.15) is 22.9 Å². The van der Waals surface area contributed by atoms with Gasteiger partial charge in [0.2, 0.25) is 0 Å². The number of aliphatic imine (C=N–C) groups is 2. The molecule has 2 heterocycles. The van der Waals surface area contributed by atoms with Crippen molar-refractivity contribution in [2.45, 2.75) is 6.17 Å². The smallest absolute Gasteiger partial charge is 0.170 e. The molecule has 0 spiro atoms. The zero-order valence-electron chi connectivity index (χ0n) is 25.3. The molecule has 220 valence electrons. The van der Waals surface area contributed by atoms with Gasteiger partial charge in [-0.25, -0.2) is 9.98 Å². The Morgan fingerprint density at radius 3 is 1.83 bits per heavy atom. The minimum atomic E-state index is -0.462. The molecule has 0 radical (unpaired) electrons. The summed E-state index contributed by atoms with van der Waals surface area (Å²) in [6.07, 6.45) is -0.462. The molecule has 4 nitrogen and oxygen atoms in total. The highest BCUT2D eigenvalue weighted by atomic mass is 16.3. The fourth-order valence-electron chi connectivity index (χ4n) is 7.21. The molecule has 9 aromatic rings. The third-order valence-corrected chi connectivity index (χ3v) is 9.49. The lowest BCUT2D eigenvalue weighted by Crippen LogP contribution is -2.36. The van der Waals surface area contributed by atoms with Crippen LogP contribution in [0.4, 0.5) is 0 Å². The van der Waals surface area contributed by atoms with Gasteiger partial charge in [-0.1, -0.05) is 127 Å². The number of rotatable bonds is 3. The van der Waals surface area contributed by atoms with E-state index in [0.717, 1.165) is 50.3 Å². The molecule has 1 N–H and O–H groups in total. The van der Waals surface area contributed by atoms with E-state index in [1.54, 1.807) is 0 Å². The average Bonchev–Trinajstić information content (AvgIpc) is 3.53. The van der Waals surface area contributed by atoms with Crippen LogP contribution in [0.5, 0.6) is 0 Å². The van der Waals surface area contributed by atoms with Crippen LogP contribution in [0.3, 0.4) is 0 Å². The fourth-order valence-corrected chi connectivity index (χ4v) is 7.21. The molecule has 0 bridgehead atoms. The number of nitrogens with zero attached hydrogens (tertiary/aromatic N) is 2. The summed E-state index contributed by atoms with van der Waals surface area (Å²) in [5, 5.41) is 15.6. The van der Waals surface area contributed by atoms with Crippen molar-refractivity contribution in [1.29, 1.82) is 0 Å². The number of para-hydroxylation sites is 1. The zero-order valence-corrected chi connectivity index (χ0v) is 25.3. The highest BCUT2D eigenvalue weighted by Crippen LogP contribution is 2.37. The number of hydrogen-bond acceptors (Lipinski definition) is 4. The first kappa shape index (κ1) is 26.0. The Hall–Kier alpha value is -6.26. The molecule has 0 saturated carbocycles. The number of amidine groups is 2. The molecular weight excluding hydrogens is 574 g/mol. The van der Waals surface area contributed by atoms with Gasteiger partial charge in [0.05, 0.1) is 0 Å². The quantitative estimate of drug-likeness (QED) is 0.205. The van der Waals surface area contributed by atoms with Crippen molar-refractivity contribution in [2.75, 3.05) is 0 Å². The van der Waals surface area contributed by atoms with E-state index in [-0.39, 0.29) is 0 Å². The summed E-state index contributed by atoms with van der Waals surface area (Å²) < 4.78 is 6.25. The summed E-state index contributed by atoms with van der Waals surface area (Å²) in [6, 6.07) is 53.4. The predicted octanol–water partition coefficient (Wildman–Crippen LogP) is 10.7. The normalized spacial score (nSPS) is 15.0. The van der Waals surface area contributed by atoms with E-state index in [4.69, 9.17) is 14.4 Å². The molecular formula is C43H27N3O. The summed E-state index contributed by atoms with van der Waals surface area (Å²) in [7, 11) is 0. The standard InChI is InChI=1S/C43H27N3O/c1-2-10-28-24-30(17-16-26(28)8-1)41-44-42(46-43(45-41)37-13-7-15-39-40(37)36-12-5-6-14-38(36)47-39)31-20-21-33-29(25-31)19-23-34-32-11-4-3-9-27(32)18-22-35(33)34/h1-25,43H,(H,44,45,46). The summed E-state index contributed by atoms with van der Waals surface area (Å²) in [5.41, 5.74) is 4.75. The van der Waals surface area contributed by atoms with Crippen molar-refractivity contribution < 1.29 is 4.42 Å². The lowest BCUT2D eigenvalue weighted by molar-refractivity contribution is 0.667. The van der Waals surface area contributed by atoms with Crippen molar-refractivity contribution in [1.82, 2.24) is 5.32 Å². The molecule has 10 rings (SSSR count). The summed E-state index contributed by atoms with van der Waals surface area (Å²) >= 11 is 0. The zero-order chi connectivity index (χ0) is 30.9. The van der Waals surface area contributed by atoms with Crippen molar-refractivity contribution in [2.24, 2.45) is 9.98 Å². The first-order chi connectivity index (χ1) is 23.3. The minimum absolute atomic E-state index is 0.462. The van der Waals surface area contributed by atoms with Crippen molar-refractivity contribution in [3.63, 3.8) is 0 Å². The first-order valence-electron chi connectivity index (χ1n) is 15.9. The van der Waals surface area contributed by atoms with E-state index in [0.29, 0.717) is 0 Å². The average molecular weight is 602 g/mol. The minimum Gasteiger partial charge on any atom is -0.456 e. The third-order valence-electron chi connectivity index (χ3n) is 9.49. The maximum Gasteiger partial charge on any atom is 0.170 e. The Morgan fingerprint density at radius 2 is 1.00 bits per heavy atom. The van der Waals surface area contributed by atoms with Crippen LogP contribution in [-0.4, -0.2) is 11.7 Å². The largest absolute Gasteiger partial charge is 0.456 e. The Bertz CT molecular complexity index is 2790. The highest BCUT2D eigenvalue weighted by molar-refractivity contribution is 6.20. The Labute approximate surface area is 270 Å². The molecule has 0 saturated heterocycles. The second kappa shape index (κ2) is 10.1. The van der Waals surface area contributed by atoms with E-state index < -0.39 is 6.17 Å². The number of fused-ring (bicyclic) bond motifs is 9. The van der Waals surface area contributed by atoms with E-state index >= 15 is 0 Å². The SMILES string of the molecule is c1ccc2cc(C3=NC(c4cccc5oc6ccccc6c45)N=C(c4ccc5c(ccc6c7ccccc7ccc56)c4)N3)ccc2c1. The maximum atomic E-state index is 6.25. The summed E-state index contributed by atoms with van der Waals surface area (Å²) in [5.74, 6) is 1.58. The molecule has 1 aliphatic rings. The van der Waals surface area contributed by atoms with E-state index in [1.807, 2.05) is 24.3 Å². The van der Waals surface area contributed by atoms with Crippen molar-refractivity contribution in [3.8, 4) is 0 Å². The van der Waals surface area contributed by atoms with Gasteiger partial charge in [-0.3, -0.25) is 0 Å². The predicted molar refractivity (Wildman–Crippen MR) is 196 cm³/mol. The van der Waals surface area contributed by atoms with Gasteiger partial charge in [-0.05, 0) is 67.4 Å². The first-order valence-corrected chi connectivity index (χ1v) is 15.9. The molecule has 1 aliphatic heterocycles. The number of nitrogens with one attached hydrogen (secondary N) is 1. The highest BCUT2D eigenvalue weighted by Gasteiger charge is 2.24. The van der Waals surface area contributed by atoms with E-state index in [2.05, 4.69) is 133 Å². The maximum absolute atomic E-state index is 6.25. The van der Waals surface area contributed by atoms with Gasteiger partial charge in [0.15, 0.2) is 6.17 Å². The van der Waals surface area contributed by atoms with Crippen LogP contribution >= 0.6 is 0 Å². The molecule has 8 aromatic carbocycles. The number of hydrogen-bond donors (Lipinski definition) is 1. The van der Waals surface area contributed by atoms with Gasteiger partial charge < -0.3 is 9.73 Å². The molecule has 1 atom stereocenters. The van der Waals surface area contributed by atoms with Gasteiger partial charge in [0, 0.05) is 27.5 Å². The van der Waals surface area contributed by atoms with Gasteiger partial charge in [-0.2, -0.15) is 0 Å². The van der Waals surface area contributed by atoms with Crippen LogP contribution < -0.4 is 5.32 Å². The monoisotopic (exact) mass is 601 g/mol. The molecule has 0 amide bonds. The Kier molecular flexibility index (Phi) is 5.60. The summed E-state index contributed by atoms with van der Waals surface area (Å²) in [6.45, 7) is 0. The lowest BCUT2D eigenvalue weighted by Gasteiger charge is -2.23. The summed E-state index contributed by atoms with van der Waals surface area (Å²) in [4.78, 5) is 10.5. The van der Waals surface area contributed by atoms with Gasteiger partial charge in [0.25, 0.3) is 0 Å². The van der Waals surface area contributed by atoms with Crippen LogP contribution in [0.2, 0.25) is 0 Å². The second-order valence-corrected chi connectivity index (χ2v) is 12.2. The molecule has 47 heavy (non-hydrogen) atoms. The van der Waals surface area contributed by atoms with Gasteiger partial charge in [0.1, 0.15) is 22.8 Å². The fraction of sp³-hybridized carbons (Fsp3) is 0.0233. The van der Waals surface area contributed by atoms with Gasteiger partial charge in [-0.15, -0.1) is 0 Å². The van der Waals surface area contributed by atoms with Crippen molar-refractivity contribution in [3.05, 3.63) is 168 Å². The number of benzene rings is 8. The topological polar surface area (TPSA) is 49.9 Å². The molecule has 0 fully saturated rings. The van der Waals surface area contributed by atoms with Crippen LogP contribution in [0.25, 0.3) is 65.0 Å². The van der Waals surface area contributed by atoms with E-state index in [9.17, 15) is 0 Å². The van der Waals surface area contributed by atoms with Crippen molar-refractivity contribution >= 4 is 76.7 Å².